The molecule has 0 radical (unpaired) electrons. The van der Waals surface area contributed by atoms with Crippen LogP contribution < -0.4 is 4.90 Å². The molecule has 4 aromatic rings. The first-order valence-corrected chi connectivity index (χ1v) is 9.52. The Bertz CT molecular complexity index is 1050. The summed E-state index contributed by atoms with van der Waals surface area (Å²) in [4.78, 5) is 2.35. The molecule has 1 aromatic heterocycles. The van der Waals surface area contributed by atoms with Crippen LogP contribution in [0.5, 0.6) is 0 Å². The van der Waals surface area contributed by atoms with E-state index in [0.29, 0.717) is 0 Å². The Balaban J connectivity index is 1.94. The van der Waals surface area contributed by atoms with Gasteiger partial charge in [-0.15, -0.1) is 11.3 Å². The topological polar surface area (TPSA) is 3.24 Å². The minimum Gasteiger partial charge on any atom is -0.343 e. The summed E-state index contributed by atoms with van der Waals surface area (Å²) >= 11 is 1.88. The van der Waals surface area contributed by atoms with Crippen molar-refractivity contribution in [3.63, 3.8) is 0 Å². The van der Waals surface area contributed by atoms with Crippen LogP contribution in [-0.4, -0.2) is 7.05 Å². The molecule has 4 rings (SSSR count). The average Bonchev–Trinajstić information content (AvgIpc) is 2.99. The largest absolute Gasteiger partial charge is 0.343 e. The molecule has 0 spiro atoms. The lowest BCUT2D eigenvalue weighted by Gasteiger charge is -2.29. The normalized spacial score (nSPS) is 12.0. The number of nitrogens with zero attached hydrogens (tertiary/aromatic N) is 1. The molecular weight excluding hydrogens is 322 g/mol. The van der Waals surface area contributed by atoms with Crippen molar-refractivity contribution in [3.8, 4) is 0 Å². The molecule has 0 aliphatic rings. The fraction of sp³-hybridized carbons (Fsp3) is 0.217. The van der Waals surface area contributed by atoms with Gasteiger partial charge >= 0.3 is 0 Å². The summed E-state index contributed by atoms with van der Waals surface area (Å²) in [7, 11) is 2.18. The number of hydrogen-bond acceptors (Lipinski definition) is 2. The van der Waals surface area contributed by atoms with Crippen molar-refractivity contribution >= 4 is 42.9 Å². The zero-order valence-corrected chi connectivity index (χ0v) is 16.0. The maximum absolute atomic E-state index is 2.35. The predicted octanol–water partition coefficient (Wildman–Crippen LogP) is 7.12. The first kappa shape index (κ1) is 16.2. The molecule has 25 heavy (non-hydrogen) atoms. The molecule has 3 aromatic carbocycles. The number of para-hydroxylation sites is 1. The molecule has 1 nitrogen and oxygen atoms in total. The van der Waals surface area contributed by atoms with E-state index in [2.05, 4.69) is 99.4 Å². The third-order valence-corrected chi connectivity index (χ3v) is 6.03. The van der Waals surface area contributed by atoms with Crippen LogP contribution in [0.15, 0.2) is 66.7 Å². The third kappa shape index (κ3) is 2.71. The van der Waals surface area contributed by atoms with Gasteiger partial charge in [-0.3, -0.25) is 0 Å². The van der Waals surface area contributed by atoms with Crippen molar-refractivity contribution in [2.45, 2.75) is 26.2 Å². The molecule has 0 atom stereocenters. The monoisotopic (exact) mass is 345 g/mol. The highest BCUT2D eigenvalue weighted by Crippen LogP contribution is 2.42. The van der Waals surface area contributed by atoms with Gasteiger partial charge in [0.1, 0.15) is 0 Å². The van der Waals surface area contributed by atoms with Crippen LogP contribution >= 0.6 is 11.3 Å². The van der Waals surface area contributed by atoms with E-state index in [0.717, 1.165) is 0 Å². The van der Waals surface area contributed by atoms with E-state index >= 15 is 0 Å². The second-order valence-corrected chi connectivity index (χ2v) is 8.63. The number of anilines is 2. The summed E-state index contributed by atoms with van der Waals surface area (Å²) in [6, 6.07) is 24.1. The van der Waals surface area contributed by atoms with Gasteiger partial charge in [-0.2, -0.15) is 0 Å². The highest BCUT2D eigenvalue weighted by Gasteiger charge is 2.21. The highest BCUT2D eigenvalue weighted by molar-refractivity contribution is 7.26. The number of fused-ring (bicyclic) bond motifs is 3. The summed E-state index contributed by atoms with van der Waals surface area (Å²) in [6.07, 6.45) is 0. The molecule has 0 N–H and O–H groups in total. The SMILES string of the molecule is CN(c1ccccc1C(C)(C)C)c1cccc2c1sc1ccccc12. The van der Waals surface area contributed by atoms with E-state index in [9.17, 15) is 0 Å². The Labute approximate surface area is 153 Å². The summed E-state index contributed by atoms with van der Waals surface area (Å²) in [5, 5.41) is 2.69. The van der Waals surface area contributed by atoms with Crippen molar-refractivity contribution in [2.24, 2.45) is 0 Å². The van der Waals surface area contributed by atoms with Crippen LogP contribution in [0.25, 0.3) is 20.2 Å². The Hall–Kier alpha value is -2.32. The lowest BCUT2D eigenvalue weighted by Crippen LogP contribution is -2.19. The maximum Gasteiger partial charge on any atom is 0.0592 e. The van der Waals surface area contributed by atoms with E-state index < -0.39 is 0 Å². The maximum atomic E-state index is 2.35. The van der Waals surface area contributed by atoms with Gasteiger partial charge in [-0.05, 0) is 29.2 Å². The molecule has 0 amide bonds. The first-order chi connectivity index (χ1) is 12.0. The molecule has 0 saturated heterocycles. The Kier molecular flexibility index (Phi) is 3.81. The molecule has 0 bridgehead atoms. The minimum atomic E-state index is 0.110. The summed E-state index contributed by atoms with van der Waals surface area (Å²) in [5.74, 6) is 0. The van der Waals surface area contributed by atoms with Crippen LogP contribution in [0.2, 0.25) is 0 Å². The smallest absolute Gasteiger partial charge is 0.0592 e. The van der Waals surface area contributed by atoms with E-state index in [4.69, 9.17) is 0 Å². The predicted molar refractivity (Wildman–Crippen MR) is 113 cm³/mol. The van der Waals surface area contributed by atoms with E-state index in [1.165, 1.54) is 37.1 Å². The third-order valence-electron chi connectivity index (χ3n) is 4.82. The zero-order valence-electron chi connectivity index (χ0n) is 15.2. The van der Waals surface area contributed by atoms with Crippen molar-refractivity contribution in [3.05, 3.63) is 72.3 Å². The second kappa shape index (κ2) is 5.89. The summed E-state index contributed by atoms with van der Waals surface area (Å²) in [6.45, 7) is 6.83. The van der Waals surface area contributed by atoms with Crippen molar-refractivity contribution in [1.82, 2.24) is 0 Å². The Morgan fingerprint density at radius 3 is 2.16 bits per heavy atom. The summed E-state index contributed by atoms with van der Waals surface area (Å²) in [5.41, 5.74) is 4.03. The Morgan fingerprint density at radius 1 is 0.720 bits per heavy atom. The van der Waals surface area contributed by atoms with Crippen molar-refractivity contribution in [2.75, 3.05) is 11.9 Å². The van der Waals surface area contributed by atoms with Gasteiger partial charge in [0.15, 0.2) is 0 Å². The molecule has 126 valence electrons. The molecular formula is C23H23NS. The molecule has 0 saturated carbocycles. The van der Waals surface area contributed by atoms with Crippen molar-refractivity contribution < 1.29 is 0 Å². The van der Waals surface area contributed by atoms with Crippen LogP contribution in [-0.2, 0) is 5.41 Å². The summed E-state index contributed by atoms with van der Waals surface area (Å²) < 4.78 is 2.71. The fourth-order valence-corrected chi connectivity index (χ4v) is 4.78. The molecule has 0 aliphatic heterocycles. The van der Waals surface area contributed by atoms with E-state index in [1.807, 2.05) is 11.3 Å². The Morgan fingerprint density at radius 2 is 1.36 bits per heavy atom. The average molecular weight is 346 g/mol. The number of thiophene rings is 1. The molecule has 0 unspecified atom stereocenters. The van der Waals surface area contributed by atoms with Gasteiger partial charge in [0.25, 0.3) is 0 Å². The first-order valence-electron chi connectivity index (χ1n) is 8.70. The van der Waals surface area contributed by atoms with Gasteiger partial charge in [0.05, 0.1) is 10.4 Å². The molecule has 0 aliphatic carbocycles. The van der Waals surface area contributed by atoms with Gasteiger partial charge in [0.2, 0.25) is 0 Å². The van der Waals surface area contributed by atoms with Crippen LogP contribution in [0.1, 0.15) is 26.3 Å². The quantitative estimate of drug-likeness (QED) is 0.374. The zero-order chi connectivity index (χ0) is 17.6. The lowest BCUT2D eigenvalue weighted by atomic mass is 9.85. The van der Waals surface area contributed by atoms with Crippen LogP contribution in [0.4, 0.5) is 11.4 Å². The standard InChI is InChI=1S/C23H23NS/c1-23(2,3)18-12-6-7-13-19(18)24(4)20-14-9-11-17-16-10-5-8-15-21(16)25-22(17)20/h5-15H,1-4H3. The lowest BCUT2D eigenvalue weighted by molar-refractivity contribution is 0.590. The van der Waals surface area contributed by atoms with Gasteiger partial charge in [-0.1, -0.05) is 69.3 Å². The molecule has 2 heteroatoms. The number of hydrogen-bond donors (Lipinski definition) is 0. The van der Waals surface area contributed by atoms with Crippen LogP contribution in [0.3, 0.4) is 0 Å². The second-order valence-electron chi connectivity index (χ2n) is 7.58. The minimum absolute atomic E-state index is 0.110. The van der Waals surface area contributed by atoms with Crippen LogP contribution in [0, 0.1) is 0 Å². The van der Waals surface area contributed by atoms with Gasteiger partial charge in [-0.25, -0.2) is 0 Å². The number of rotatable bonds is 2. The fourth-order valence-electron chi connectivity index (χ4n) is 3.53. The van der Waals surface area contributed by atoms with Gasteiger partial charge < -0.3 is 4.90 Å². The van der Waals surface area contributed by atoms with E-state index in [-0.39, 0.29) is 5.41 Å². The number of benzene rings is 3. The highest BCUT2D eigenvalue weighted by atomic mass is 32.1. The van der Waals surface area contributed by atoms with Gasteiger partial charge in [0, 0.05) is 28.2 Å². The molecule has 1 heterocycles. The molecule has 0 fully saturated rings. The van der Waals surface area contributed by atoms with E-state index in [1.54, 1.807) is 0 Å². The van der Waals surface area contributed by atoms with Crippen molar-refractivity contribution in [1.29, 1.82) is 0 Å².